The van der Waals surface area contributed by atoms with Crippen LogP contribution in [0.4, 0.5) is 0 Å². The molecule has 0 spiro atoms. The Bertz CT molecular complexity index is 922. The summed E-state index contributed by atoms with van der Waals surface area (Å²) in [5, 5.41) is 0. The van der Waals surface area contributed by atoms with Gasteiger partial charge >= 0.3 is 0 Å². The predicted octanol–water partition coefficient (Wildman–Crippen LogP) is 8.39. The van der Waals surface area contributed by atoms with Gasteiger partial charge in [0.05, 0.1) is 6.61 Å². The maximum atomic E-state index is 6.12. The Morgan fingerprint density at radius 3 is 2.07 bits per heavy atom. The van der Waals surface area contributed by atoms with Gasteiger partial charge in [-0.15, -0.1) is 0 Å². The zero-order valence-corrected chi connectivity index (χ0v) is 18.9. The van der Waals surface area contributed by atoms with Crippen molar-refractivity contribution in [3.05, 3.63) is 77.4 Å². The number of rotatable bonds is 9. The molecule has 152 valence electrons. The zero-order chi connectivity index (χ0) is 20.6. The average molecular weight is 405 g/mol. The molecule has 0 unspecified atom stereocenters. The van der Waals surface area contributed by atoms with E-state index in [1.807, 2.05) is 11.8 Å². The minimum Gasteiger partial charge on any atom is -0.493 e. The van der Waals surface area contributed by atoms with Gasteiger partial charge in [0.1, 0.15) is 5.75 Å². The molecular formula is C27H32OS. The quantitative estimate of drug-likeness (QED) is 0.331. The molecule has 0 amide bonds. The van der Waals surface area contributed by atoms with Crippen molar-refractivity contribution < 1.29 is 4.74 Å². The lowest BCUT2D eigenvalue weighted by Gasteiger charge is -2.15. The molecule has 3 aromatic carbocycles. The van der Waals surface area contributed by atoms with Gasteiger partial charge in [-0.05, 0) is 73.2 Å². The molecule has 0 saturated heterocycles. The van der Waals surface area contributed by atoms with Crippen LogP contribution in [0.3, 0.4) is 0 Å². The first kappa shape index (κ1) is 21.5. The Labute approximate surface area is 180 Å². The summed E-state index contributed by atoms with van der Waals surface area (Å²) in [6, 6.07) is 21.8. The van der Waals surface area contributed by atoms with Crippen LogP contribution >= 0.6 is 11.8 Å². The lowest BCUT2D eigenvalue weighted by molar-refractivity contribution is 0.301. The van der Waals surface area contributed by atoms with Crippen LogP contribution in [0, 0.1) is 20.8 Å². The van der Waals surface area contributed by atoms with E-state index in [9.17, 15) is 0 Å². The maximum absolute atomic E-state index is 6.12. The standard InChI is InChI=1S/C27H32OS/c1-5-6-7-12-17-28-27-21(3)18-23(19-22(27)4)29-26-16-11-10-15-25(26)24-14-9-8-13-20(24)2/h8-11,13-16,18-19H,5-7,12,17H2,1-4H3. The summed E-state index contributed by atoms with van der Waals surface area (Å²) in [6.07, 6.45) is 4.93. The Morgan fingerprint density at radius 2 is 1.38 bits per heavy atom. The third-order valence-corrected chi connectivity index (χ3v) is 6.28. The SMILES string of the molecule is CCCCCCOc1c(C)cc(Sc2ccccc2-c2ccccc2C)cc1C. The van der Waals surface area contributed by atoms with E-state index in [2.05, 4.69) is 88.4 Å². The molecule has 0 bridgehead atoms. The van der Waals surface area contributed by atoms with E-state index < -0.39 is 0 Å². The highest BCUT2D eigenvalue weighted by atomic mass is 32.2. The molecule has 0 atom stereocenters. The van der Waals surface area contributed by atoms with E-state index in [1.54, 1.807) is 0 Å². The van der Waals surface area contributed by atoms with Crippen molar-refractivity contribution in [2.24, 2.45) is 0 Å². The summed E-state index contributed by atoms with van der Waals surface area (Å²) in [7, 11) is 0. The highest BCUT2D eigenvalue weighted by Crippen LogP contribution is 2.39. The van der Waals surface area contributed by atoms with Crippen molar-refractivity contribution in [1.29, 1.82) is 0 Å². The van der Waals surface area contributed by atoms with Crippen molar-refractivity contribution in [3.8, 4) is 16.9 Å². The first-order chi connectivity index (χ1) is 14.1. The van der Waals surface area contributed by atoms with Gasteiger partial charge in [-0.2, -0.15) is 0 Å². The maximum Gasteiger partial charge on any atom is 0.125 e. The van der Waals surface area contributed by atoms with Gasteiger partial charge in [-0.3, -0.25) is 0 Å². The van der Waals surface area contributed by atoms with Crippen molar-refractivity contribution >= 4 is 11.8 Å². The van der Waals surface area contributed by atoms with Crippen LogP contribution in [-0.4, -0.2) is 6.61 Å². The summed E-state index contributed by atoms with van der Waals surface area (Å²) in [4.78, 5) is 2.55. The number of aryl methyl sites for hydroxylation is 3. The molecule has 3 rings (SSSR count). The Morgan fingerprint density at radius 1 is 0.724 bits per heavy atom. The first-order valence-electron chi connectivity index (χ1n) is 10.7. The summed E-state index contributed by atoms with van der Waals surface area (Å²) in [5.74, 6) is 1.05. The molecule has 0 aromatic heterocycles. The second-order valence-corrected chi connectivity index (χ2v) is 8.82. The fourth-order valence-corrected chi connectivity index (χ4v) is 4.84. The topological polar surface area (TPSA) is 9.23 Å². The van der Waals surface area contributed by atoms with E-state index in [-0.39, 0.29) is 0 Å². The summed E-state index contributed by atoms with van der Waals surface area (Å²) < 4.78 is 6.12. The highest BCUT2D eigenvalue weighted by molar-refractivity contribution is 7.99. The van der Waals surface area contributed by atoms with E-state index in [0.29, 0.717) is 0 Å². The van der Waals surface area contributed by atoms with Crippen LogP contribution in [-0.2, 0) is 0 Å². The minimum absolute atomic E-state index is 0.810. The molecule has 0 aliphatic carbocycles. The van der Waals surface area contributed by atoms with Gasteiger partial charge in [0, 0.05) is 9.79 Å². The van der Waals surface area contributed by atoms with Crippen molar-refractivity contribution in [1.82, 2.24) is 0 Å². The van der Waals surface area contributed by atoms with Crippen LogP contribution in [0.15, 0.2) is 70.5 Å². The Balaban J connectivity index is 1.79. The highest BCUT2D eigenvalue weighted by Gasteiger charge is 2.11. The molecule has 1 nitrogen and oxygen atoms in total. The van der Waals surface area contributed by atoms with Gasteiger partial charge in [0.25, 0.3) is 0 Å². The molecule has 0 heterocycles. The normalized spacial score (nSPS) is 10.9. The van der Waals surface area contributed by atoms with Crippen LogP contribution in [0.5, 0.6) is 5.75 Å². The van der Waals surface area contributed by atoms with Crippen LogP contribution in [0.1, 0.15) is 49.3 Å². The summed E-state index contributed by atoms with van der Waals surface area (Å²) in [5.41, 5.74) is 6.34. The monoisotopic (exact) mass is 404 g/mol. The van der Waals surface area contributed by atoms with Gasteiger partial charge in [0.2, 0.25) is 0 Å². The Kier molecular flexibility index (Phi) is 7.83. The minimum atomic E-state index is 0.810. The van der Waals surface area contributed by atoms with Gasteiger partial charge in [-0.1, -0.05) is 80.4 Å². The van der Waals surface area contributed by atoms with Crippen molar-refractivity contribution in [2.75, 3.05) is 6.61 Å². The molecule has 0 radical (unpaired) electrons. The van der Waals surface area contributed by atoms with Crippen LogP contribution in [0.2, 0.25) is 0 Å². The second-order valence-electron chi connectivity index (χ2n) is 7.71. The van der Waals surface area contributed by atoms with E-state index >= 15 is 0 Å². The van der Waals surface area contributed by atoms with Gasteiger partial charge in [-0.25, -0.2) is 0 Å². The molecule has 0 fully saturated rings. The summed E-state index contributed by atoms with van der Waals surface area (Å²) >= 11 is 1.83. The molecule has 0 aliphatic heterocycles. The fourth-order valence-electron chi connectivity index (χ4n) is 3.68. The summed E-state index contributed by atoms with van der Waals surface area (Å²) in [6.45, 7) is 9.54. The van der Waals surface area contributed by atoms with E-state index in [4.69, 9.17) is 4.74 Å². The number of unbranched alkanes of at least 4 members (excludes halogenated alkanes) is 3. The smallest absolute Gasteiger partial charge is 0.125 e. The second kappa shape index (κ2) is 10.5. The van der Waals surface area contributed by atoms with Gasteiger partial charge < -0.3 is 4.74 Å². The number of hydrogen-bond acceptors (Lipinski definition) is 2. The molecule has 0 saturated carbocycles. The van der Waals surface area contributed by atoms with Gasteiger partial charge in [0.15, 0.2) is 0 Å². The third kappa shape index (κ3) is 5.67. The molecule has 2 heteroatoms. The van der Waals surface area contributed by atoms with E-state index in [1.165, 1.54) is 56.9 Å². The molecule has 0 N–H and O–H groups in total. The van der Waals surface area contributed by atoms with Crippen molar-refractivity contribution in [3.63, 3.8) is 0 Å². The molecule has 29 heavy (non-hydrogen) atoms. The fraction of sp³-hybridized carbons (Fsp3) is 0.333. The van der Waals surface area contributed by atoms with Crippen molar-refractivity contribution in [2.45, 2.75) is 63.2 Å². The first-order valence-corrected chi connectivity index (χ1v) is 11.5. The number of benzene rings is 3. The third-order valence-electron chi connectivity index (χ3n) is 5.23. The zero-order valence-electron chi connectivity index (χ0n) is 18.1. The van der Waals surface area contributed by atoms with Crippen LogP contribution < -0.4 is 4.74 Å². The average Bonchev–Trinajstić information content (AvgIpc) is 2.70. The number of ether oxygens (including phenoxy) is 1. The Hall–Kier alpha value is -2.19. The van der Waals surface area contributed by atoms with E-state index in [0.717, 1.165) is 18.8 Å². The predicted molar refractivity (Wildman–Crippen MR) is 126 cm³/mol. The lowest BCUT2D eigenvalue weighted by Crippen LogP contribution is -2.01. The largest absolute Gasteiger partial charge is 0.493 e. The molecule has 3 aromatic rings. The molecular weight excluding hydrogens is 372 g/mol. The van der Waals surface area contributed by atoms with Crippen LogP contribution in [0.25, 0.3) is 11.1 Å². The lowest BCUT2D eigenvalue weighted by atomic mass is 10.0. The molecule has 0 aliphatic rings. The number of hydrogen-bond donors (Lipinski definition) is 0.